The normalized spacial score (nSPS) is 14.6. The van der Waals surface area contributed by atoms with E-state index in [4.69, 9.17) is 9.47 Å². The Morgan fingerprint density at radius 3 is 1.02 bits per heavy atom. The fourth-order valence-electron chi connectivity index (χ4n) is 8.06. The van der Waals surface area contributed by atoms with Crippen molar-refractivity contribution in [2.45, 2.75) is 216 Å². The Morgan fingerprint density at radius 2 is 0.714 bits per heavy atom. The van der Waals surface area contributed by atoms with E-state index in [9.17, 15) is 9.59 Å². The van der Waals surface area contributed by atoms with Gasteiger partial charge in [0.1, 0.15) is 0 Å². The Labute approximate surface area is 350 Å². The van der Waals surface area contributed by atoms with Gasteiger partial charge in [0.15, 0.2) is 0 Å². The van der Waals surface area contributed by atoms with Crippen molar-refractivity contribution in [2.24, 2.45) is 0 Å². The maximum atomic E-state index is 13.2. The summed E-state index contributed by atoms with van der Waals surface area (Å²) in [5.74, 6) is -0.414. The topological polar surface area (TPSA) is 52.6 Å². The van der Waals surface area contributed by atoms with Crippen molar-refractivity contribution >= 4 is 35.5 Å². The minimum absolute atomic E-state index is 0.207. The van der Waals surface area contributed by atoms with Crippen molar-refractivity contribution in [2.75, 3.05) is 13.2 Å². The van der Waals surface area contributed by atoms with Crippen LogP contribution >= 0.6 is 23.5 Å². The molecule has 0 radical (unpaired) electrons. The minimum Gasteiger partial charge on any atom is -0.462 e. The Balaban J connectivity index is 1.09. The Bertz CT molecular complexity index is 1340. The highest BCUT2D eigenvalue weighted by atomic mass is 32.2. The first-order valence-corrected chi connectivity index (χ1v) is 24.9. The minimum atomic E-state index is -0.207. The van der Waals surface area contributed by atoms with Crippen LogP contribution in [0, 0.1) is 0 Å². The van der Waals surface area contributed by atoms with Crippen molar-refractivity contribution in [1.29, 1.82) is 0 Å². The fourth-order valence-corrected chi connectivity index (χ4v) is 10.7. The number of allylic oxidation sites excluding steroid dienone is 2. The van der Waals surface area contributed by atoms with E-state index in [0.717, 1.165) is 48.3 Å². The molecule has 4 nitrogen and oxygen atoms in total. The van der Waals surface area contributed by atoms with E-state index in [1.54, 1.807) is 23.5 Å². The summed E-state index contributed by atoms with van der Waals surface area (Å²) in [5.41, 5.74) is 3.74. The van der Waals surface area contributed by atoms with E-state index in [-0.39, 0.29) is 11.9 Å². The van der Waals surface area contributed by atoms with Crippen molar-refractivity contribution in [3.63, 3.8) is 0 Å². The molecular formula is C50H76O4S2. The van der Waals surface area contributed by atoms with Crippen LogP contribution in [0.1, 0.15) is 225 Å². The van der Waals surface area contributed by atoms with Gasteiger partial charge in [-0.3, -0.25) is 0 Å². The molecule has 312 valence electrons. The summed E-state index contributed by atoms with van der Waals surface area (Å²) in [6.07, 6.45) is 38.4. The highest BCUT2D eigenvalue weighted by Gasteiger charge is 2.30. The number of carbonyl (C=O) groups is 2. The van der Waals surface area contributed by atoms with Gasteiger partial charge in [0.2, 0.25) is 0 Å². The molecule has 4 rings (SSSR count). The van der Waals surface area contributed by atoms with Crippen LogP contribution in [0.25, 0.3) is 0 Å². The van der Waals surface area contributed by atoms with E-state index in [2.05, 4.69) is 26.0 Å². The molecule has 0 aliphatic carbocycles. The van der Waals surface area contributed by atoms with Gasteiger partial charge in [-0.15, -0.1) is 0 Å². The van der Waals surface area contributed by atoms with Crippen LogP contribution in [0.4, 0.5) is 0 Å². The van der Waals surface area contributed by atoms with Gasteiger partial charge in [0.05, 0.1) is 24.3 Å². The van der Waals surface area contributed by atoms with Gasteiger partial charge in [-0.2, -0.15) is 0 Å². The number of esters is 2. The first-order chi connectivity index (χ1) is 27.6. The molecule has 0 amide bonds. The van der Waals surface area contributed by atoms with Crippen LogP contribution in [-0.2, 0) is 22.3 Å². The van der Waals surface area contributed by atoms with Crippen LogP contribution in [-0.4, -0.2) is 25.2 Å². The lowest BCUT2D eigenvalue weighted by Crippen LogP contribution is -2.08. The smallest absolute Gasteiger partial charge is 0.339 e. The third-order valence-electron chi connectivity index (χ3n) is 11.6. The average molecular weight is 805 g/mol. The maximum Gasteiger partial charge on any atom is 0.339 e. The molecule has 2 heterocycles. The van der Waals surface area contributed by atoms with E-state index < -0.39 is 0 Å². The third-order valence-corrected chi connectivity index (χ3v) is 14.3. The van der Waals surface area contributed by atoms with E-state index in [1.807, 2.05) is 24.3 Å². The summed E-state index contributed by atoms with van der Waals surface area (Å²) in [7, 11) is 0. The second kappa shape index (κ2) is 29.1. The molecule has 0 N–H and O–H groups in total. The quantitative estimate of drug-likeness (QED) is 0.0542. The van der Waals surface area contributed by atoms with Crippen LogP contribution in [0.5, 0.6) is 0 Å². The van der Waals surface area contributed by atoms with Gasteiger partial charge < -0.3 is 9.47 Å². The lowest BCUT2D eigenvalue weighted by molar-refractivity contribution is 0.0484. The summed E-state index contributed by atoms with van der Waals surface area (Å²) in [6.45, 7) is 5.54. The zero-order valence-electron chi connectivity index (χ0n) is 35.5. The molecule has 6 heteroatoms. The molecule has 2 aromatic rings. The van der Waals surface area contributed by atoms with Gasteiger partial charge in [-0.05, 0) is 36.1 Å². The largest absolute Gasteiger partial charge is 0.462 e. The number of carbonyl (C=O) groups excluding carboxylic acids is 2. The number of thioether (sulfide) groups is 2. The van der Waals surface area contributed by atoms with Crippen molar-refractivity contribution in [3.8, 4) is 0 Å². The monoisotopic (exact) mass is 805 g/mol. The lowest BCUT2D eigenvalue weighted by Gasteiger charge is -2.09. The van der Waals surface area contributed by atoms with Crippen LogP contribution < -0.4 is 0 Å². The highest BCUT2D eigenvalue weighted by molar-refractivity contribution is 8.07. The third kappa shape index (κ3) is 17.4. The number of ether oxygens (including phenoxy) is 2. The van der Waals surface area contributed by atoms with E-state index in [1.165, 1.54) is 175 Å². The summed E-state index contributed by atoms with van der Waals surface area (Å²) < 4.78 is 11.6. The van der Waals surface area contributed by atoms with E-state index >= 15 is 0 Å². The summed E-state index contributed by atoms with van der Waals surface area (Å²) >= 11 is 3.42. The van der Waals surface area contributed by atoms with Crippen molar-refractivity contribution in [3.05, 3.63) is 68.5 Å². The van der Waals surface area contributed by atoms with Crippen LogP contribution in [0.2, 0.25) is 0 Å². The second-order valence-corrected chi connectivity index (χ2v) is 18.7. The molecule has 2 aromatic carbocycles. The number of rotatable bonds is 32. The standard InChI is InChI=1S/C50H76O4S2/c1-3-5-7-9-11-13-15-17-19-21-23-25-27-29-37-53-49(51)43-35-31-33-41-39-45(55-47(41)43)46-40-42-34-32-36-44(48(42)56-46)50(52)54-38-30-28-26-24-22-20-18-16-14-12-10-8-6-4-2/h31-36H,3-30,37-40H2,1-2H3/b46-45-. The molecule has 0 saturated carbocycles. The van der Waals surface area contributed by atoms with Crippen LogP contribution in [0.3, 0.4) is 0 Å². The lowest BCUT2D eigenvalue weighted by atomic mass is 10.0. The summed E-state index contributed by atoms with van der Waals surface area (Å²) in [6, 6.07) is 12.1. The highest BCUT2D eigenvalue weighted by Crippen LogP contribution is 2.51. The number of unbranched alkanes of at least 4 members (excludes halogenated alkanes) is 26. The average Bonchev–Trinajstić information content (AvgIpc) is 3.86. The first kappa shape index (κ1) is 46.5. The number of fused-ring (bicyclic) bond motifs is 2. The SMILES string of the molecule is CCCCCCCCCCCCCCCCOC(=O)c1cccc2c1S/C(=C1/Cc3cccc(C(=O)OCCCCCCCCCCCCCCCC)c3S1)C2. The fraction of sp³-hybridized carbons (Fsp3) is 0.680. The Kier molecular flexibility index (Phi) is 24.2. The van der Waals surface area contributed by atoms with Gasteiger partial charge in [0.25, 0.3) is 0 Å². The molecule has 0 atom stereocenters. The Morgan fingerprint density at radius 1 is 0.429 bits per heavy atom. The van der Waals surface area contributed by atoms with Gasteiger partial charge in [0, 0.05) is 32.4 Å². The zero-order valence-corrected chi connectivity index (χ0v) is 37.2. The summed E-state index contributed by atoms with van der Waals surface area (Å²) in [5, 5.41) is 0. The zero-order chi connectivity index (χ0) is 39.5. The van der Waals surface area contributed by atoms with Crippen LogP contribution in [0.15, 0.2) is 56.0 Å². The molecular weight excluding hydrogens is 729 g/mol. The molecule has 0 fully saturated rings. The summed E-state index contributed by atoms with van der Waals surface area (Å²) in [4.78, 5) is 31.0. The van der Waals surface area contributed by atoms with Gasteiger partial charge in [-0.1, -0.05) is 229 Å². The maximum absolute atomic E-state index is 13.2. The number of hydrogen-bond donors (Lipinski definition) is 0. The van der Waals surface area contributed by atoms with Crippen molar-refractivity contribution in [1.82, 2.24) is 0 Å². The molecule has 56 heavy (non-hydrogen) atoms. The molecule has 2 aliphatic rings. The molecule has 0 bridgehead atoms. The van der Waals surface area contributed by atoms with Gasteiger partial charge in [-0.25, -0.2) is 9.59 Å². The molecule has 0 aromatic heterocycles. The molecule has 0 unspecified atom stereocenters. The number of benzene rings is 2. The second-order valence-electron chi connectivity index (χ2n) is 16.5. The molecule has 0 saturated heterocycles. The van der Waals surface area contributed by atoms with E-state index in [0.29, 0.717) is 24.3 Å². The predicted octanol–water partition coefficient (Wildman–Crippen LogP) is 16.2. The molecule has 0 spiro atoms. The predicted molar refractivity (Wildman–Crippen MR) is 240 cm³/mol. The van der Waals surface area contributed by atoms with Crippen molar-refractivity contribution < 1.29 is 19.1 Å². The number of hydrogen-bond acceptors (Lipinski definition) is 6. The van der Waals surface area contributed by atoms with Gasteiger partial charge >= 0.3 is 11.9 Å². The Hall–Kier alpha value is -2.18. The molecule has 2 aliphatic heterocycles. The first-order valence-electron chi connectivity index (χ1n) is 23.3.